The summed E-state index contributed by atoms with van der Waals surface area (Å²) in [5, 5.41) is 0.684. The van der Waals surface area contributed by atoms with Gasteiger partial charge in [0.2, 0.25) is 0 Å². The number of hydrogen-bond donors (Lipinski definition) is 0. The molecular formula is C21H19FN2O3. The molecule has 0 atom stereocenters. The van der Waals surface area contributed by atoms with Crippen LogP contribution in [0.3, 0.4) is 0 Å². The molecule has 0 bridgehead atoms. The molecule has 2 aromatic heterocycles. The quantitative estimate of drug-likeness (QED) is 0.502. The maximum Gasteiger partial charge on any atom is 0.259 e. The monoisotopic (exact) mass is 366 g/mol. The normalized spacial score (nSPS) is 12.3. The van der Waals surface area contributed by atoms with E-state index in [1.165, 1.54) is 31.5 Å². The van der Waals surface area contributed by atoms with Crippen molar-refractivity contribution in [1.82, 2.24) is 9.55 Å². The van der Waals surface area contributed by atoms with Gasteiger partial charge in [0.25, 0.3) is 5.56 Å². The van der Waals surface area contributed by atoms with Gasteiger partial charge in [-0.2, -0.15) is 0 Å². The standard InChI is InChI=1S/C21H19FN2O3/c1-3-4-5-8-24-19-17(14-7-6-12(22)9-15(14)21(24)26)20(25)16-10-13(27-2)11-23-18(16)19/h6-7,9-11H,3-5,8H2,1-2H3. The van der Waals surface area contributed by atoms with Gasteiger partial charge in [-0.25, -0.2) is 4.39 Å². The number of aromatic nitrogens is 2. The Balaban J connectivity index is 2.06. The van der Waals surface area contributed by atoms with Crippen LogP contribution in [0.5, 0.6) is 5.75 Å². The summed E-state index contributed by atoms with van der Waals surface area (Å²) in [7, 11) is 1.51. The maximum absolute atomic E-state index is 13.8. The molecule has 5 nitrogen and oxygen atoms in total. The Labute approximate surface area is 155 Å². The molecule has 0 unspecified atom stereocenters. The highest BCUT2D eigenvalue weighted by molar-refractivity contribution is 6.26. The number of rotatable bonds is 5. The third-order valence-electron chi connectivity index (χ3n) is 5.01. The van der Waals surface area contributed by atoms with E-state index in [0.29, 0.717) is 40.2 Å². The molecule has 2 heterocycles. The van der Waals surface area contributed by atoms with Crippen molar-refractivity contribution in [2.75, 3.05) is 7.11 Å². The van der Waals surface area contributed by atoms with Gasteiger partial charge in [0, 0.05) is 11.9 Å². The van der Waals surface area contributed by atoms with Gasteiger partial charge >= 0.3 is 0 Å². The van der Waals surface area contributed by atoms with E-state index in [-0.39, 0.29) is 16.7 Å². The van der Waals surface area contributed by atoms with Crippen molar-refractivity contribution < 1.29 is 13.9 Å². The zero-order valence-corrected chi connectivity index (χ0v) is 15.2. The second-order valence-corrected chi connectivity index (χ2v) is 6.68. The number of unbranched alkanes of at least 4 members (excludes halogenated alkanes) is 2. The van der Waals surface area contributed by atoms with Gasteiger partial charge < -0.3 is 9.30 Å². The number of carbonyl (C=O) groups excluding carboxylic acids is 1. The number of hydrogen-bond acceptors (Lipinski definition) is 4. The molecular weight excluding hydrogens is 347 g/mol. The Morgan fingerprint density at radius 1 is 1.15 bits per heavy atom. The molecule has 0 saturated carbocycles. The van der Waals surface area contributed by atoms with E-state index in [1.54, 1.807) is 10.6 Å². The molecule has 4 rings (SSSR count). The summed E-state index contributed by atoms with van der Waals surface area (Å²) in [4.78, 5) is 30.6. The molecule has 138 valence electrons. The first kappa shape index (κ1) is 17.4. The Kier molecular flexibility index (Phi) is 4.26. The molecule has 0 radical (unpaired) electrons. The summed E-state index contributed by atoms with van der Waals surface area (Å²) in [6.45, 7) is 2.54. The Morgan fingerprint density at radius 3 is 2.70 bits per heavy atom. The van der Waals surface area contributed by atoms with Gasteiger partial charge in [-0.15, -0.1) is 0 Å². The molecule has 1 aliphatic carbocycles. The van der Waals surface area contributed by atoms with E-state index in [1.807, 2.05) is 0 Å². The Bertz CT molecular complexity index is 1130. The van der Waals surface area contributed by atoms with Crippen molar-refractivity contribution in [3.8, 4) is 17.1 Å². The van der Waals surface area contributed by atoms with Crippen molar-refractivity contribution in [3.63, 3.8) is 0 Å². The molecule has 6 heteroatoms. The molecule has 0 aliphatic heterocycles. The number of carbonyl (C=O) groups is 1. The smallest absolute Gasteiger partial charge is 0.259 e. The fraction of sp³-hybridized carbons (Fsp3) is 0.286. The first-order valence-electron chi connectivity index (χ1n) is 9.02. The largest absolute Gasteiger partial charge is 0.495 e. The van der Waals surface area contributed by atoms with Gasteiger partial charge in [0.15, 0.2) is 5.78 Å². The number of fused-ring (bicyclic) bond motifs is 5. The van der Waals surface area contributed by atoms with Crippen LogP contribution < -0.4 is 10.3 Å². The molecule has 3 aromatic rings. The van der Waals surface area contributed by atoms with Crippen LogP contribution in [0.15, 0.2) is 35.3 Å². The van der Waals surface area contributed by atoms with Gasteiger partial charge in [-0.05, 0) is 24.6 Å². The molecule has 0 amide bonds. The van der Waals surface area contributed by atoms with Crippen molar-refractivity contribution >= 4 is 16.6 Å². The Hall–Kier alpha value is -3.02. The van der Waals surface area contributed by atoms with Crippen LogP contribution in [0.2, 0.25) is 0 Å². The van der Waals surface area contributed by atoms with E-state index in [9.17, 15) is 14.0 Å². The average molecular weight is 366 g/mol. The first-order chi connectivity index (χ1) is 13.1. The average Bonchev–Trinajstić information content (AvgIpc) is 2.96. The summed E-state index contributed by atoms with van der Waals surface area (Å²) in [5.74, 6) is -0.236. The minimum absolute atomic E-state index is 0.216. The van der Waals surface area contributed by atoms with Crippen LogP contribution in [-0.4, -0.2) is 22.4 Å². The number of halogens is 1. The maximum atomic E-state index is 13.8. The fourth-order valence-corrected chi connectivity index (χ4v) is 3.68. The van der Waals surface area contributed by atoms with E-state index < -0.39 is 5.82 Å². The predicted molar refractivity (Wildman–Crippen MR) is 101 cm³/mol. The van der Waals surface area contributed by atoms with Crippen LogP contribution in [0.1, 0.15) is 42.1 Å². The lowest BCUT2D eigenvalue weighted by Gasteiger charge is -2.14. The van der Waals surface area contributed by atoms with Crippen molar-refractivity contribution in [2.45, 2.75) is 32.7 Å². The van der Waals surface area contributed by atoms with Gasteiger partial charge in [-0.1, -0.05) is 25.8 Å². The summed E-state index contributed by atoms with van der Waals surface area (Å²) >= 11 is 0. The van der Waals surface area contributed by atoms with Crippen molar-refractivity contribution in [1.29, 1.82) is 0 Å². The first-order valence-corrected chi connectivity index (χ1v) is 9.02. The topological polar surface area (TPSA) is 61.2 Å². The molecule has 0 saturated heterocycles. The van der Waals surface area contributed by atoms with Crippen LogP contribution in [-0.2, 0) is 6.54 Å². The SMILES string of the molecule is CCCCCn1c2c(c3ccc(F)cc3c1=O)C(=O)c1cc(OC)cnc1-2. The molecule has 1 aromatic carbocycles. The third kappa shape index (κ3) is 2.63. The van der Waals surface area contributed by atoms with E-state index in [0.717, 1.165) is 19.3 Å². The van der Waals surface area contributed by atoms with E-state index in [4.69, 9.17) is 4.74 Å². The summed E-state index contributed by atoms with van der Waals surface area (Å²) in [6, 6.07) is 5.62. The van der Waals surface area contributed by atoms with Crippen LogP contribution in [0, 0.1) is 5.82 Å². The summed E-state index contributed by atoms with van der Waals surface area (Å²) in [5.41, 5.74) is 1.53. The Morgan fingerprint density at radius 2 is 1.96 bits per heavy atom. The molecule has 27 heavy (non-hydrogen) atoms. The number of ketones is 1. The highest BCUT2D eigenvalue weighted by atomic mass is 19.1. The minimum Gasteiger partial charge on any atom is -0.495 e. The van der Waals surface area contributed by atoms with Gasteiger partial charge in [0.1, 0.15) is 11.6 Å². The molecule has 0 fully saturated rings. The van der Waals surface area contributed by atoms with E-state index >= 15 is 0 Å². The predicted octanol–water partition coefficient (Wildman–Crippen LogP) is 3.95. The second-order valence-electron chi connectivity index (χ2n) is 6.68. The molecule has 1 aliphatic rings. The second kappa shape index (κ2) is 6.61. The fourth-order valence-electron chi connectivity index (χ4n) is 3.68. The van der Waals surface area contributed by atoms with Crippen LogP contribution in [0.4, 0.5) is 4.39 Å². The third-order valence-corrected chi connectivity index (χ3v) is 5.01. The lowest BCUT2D eigenvalue weighted by molar-refractivity contribution is 0.104. The molecule has 0 N–H and O–H groups in total. The number of pyridine rings is 2. The lowest BCUT2D eigenvalue weighted by atomic mass is 10.0. The zero-order chi connectivity index (χ0) is 19.1. The van der Waals surface area contributed by atoms with Gasteiger partial charge in [-0.3, -0.25) is 14.6 Å². The number of ether oxygens (including phenoxy) is 1. The highest BCUT2D eigenvalue weighted by Crippen LogP contribution is 2.39. The highest BCUT2D eigenvalue weighted by Gasteiger charge is 2.34. The van der Waals surface area contributed by atoms with Crippen LogP contribution >= 0.6 is 0 Å². The zero-order valence-electron chi connectivity index (χ0n) is 15.2. The van der Waals surface area contributed by atoms with Gasteiger partial charge in [0.05, 0.1) is 41.2 Å². The summed E-state index contributed by atoms with van der Waals surface area (Å²) in [6.07, 6.45) is 4.30. The number of benzene rings is 1. The number of methoxy groups -OCH3 is 1. The molecule has 0 spiro atoms. The number of nitrogens with zero attached hydrogens (tertiary/aromatic N) is 2. The lowest BCUT2D eigenvalue weighted by Crippen LogP contribution is -2.23. The van der Waals surface area contributed by atoms with Crippen molar-refractivity contribution in [3.05, 3.63) is 57.8 Å². The van der Waals surface area contributed by atoms with E-state index in [2.05, 4.69) is 11.9 Å². The minimum atomic E-state index is -0.498. The summed E-state index contributed by atoms with van der Waals surface area (Å²) < 4.78 is 20.6. The van der Waals surface area contributed by atoms with Crippen molar-refractivity contribution in [2.24, 2.45) is 0 Å². The van der Waals surface area contributed by atoms with Crippen LogP contribution in [0.25, 0.3) is 22.2 Å².